The summed E-state index contributed by atoms with van der Waals surface area (Å²) in [5.41, 5.74) is 2.93. The van der Waals surface area contributed by atoms with Crippen molar-refractivity contribution in [3.05, 3.63) is 24.1 Å². The number of fused-ring (bicyclic) bond motifs is 1. The average Bonchev–Trinajstić information content (AvgIpc) is 2.89. The molecule has 0 radical (unpaired) electrons. The predicted octanol–water partition coefficient (Wildman–Crippen LogP) is 3.51. The summed E-state index contributed by atoms with van der Waals surface area (Å²) in [5.74, 6) is 1.14. The Hall–Kier alpha value is -1.55. The minimum absolute atomic E-state index is 0.324. The Bertz CT molecular complexity index is 570. The fraction of sp³-hybridized carbons (Fsp3) is 0.562. The lowest BCUT2D eigenvalue weighted by Crippen LogP contribution is -2.39. The minimum Gasteiger partial charge on any atom is -0.440 e. The van der Waals surface area contributed by atoms with E-state index in [1.54, 1.807) is 0 Å². The van der Waals surface area contributed by atoms with Gasteiger partial charge in [-0.25, -0.2) is 4.98 Å². The maximum absolute atomic E-state index is 5.73. The summed E-state index contributed by atoms with van der Waals surface area (Å²) >= 11 is 0. The molecule has 0 aliphatic carbocycles. The molecule has 1 fully saturated rings. The lowest BCUT2D eigenvalue weighted by Gasteiger charge is -2.24. The van der Waals surface area contributed by atoms with Crippen molar-refractivity contribution in [2.45, 2.75) is 45.1 Å². The summed E-state index contributed by atoms with van der Waals surface area (Å²) in [4.78, 5) is 4.55. The van der Waals surface area contributed by atoms with Gasteiger partial charge in [-0.15, -0.1) is 0 Å². The Morgan fingerprint density at radius 3 is 3.05 bits per heavy atom. The number of rotatable bonds is 4. The normalized spacial score (nSPS) is 19.6. The van der Waals surface area contributed by atoms with Crippen LogP contribution < -0.4 is 10.6 Å². The lowest BCUT2D eigenvalue weighted by molar-refractivity contribution is 0.414. The fourth-order valence-corrected chi connectivity index (χ4v) is 2.64. The van der Waals surface area contributed by atoms with Crippen LogP contribution in [0.3, 0.4) is 0 Å². The number of benzene rings is 1. The molecule has 3 rings (SSSR count). The zero-order chi connectivity index (χ0) is 13.9. The van der Waals surface area contributed by atoms with Crippen molar-refractivity contribution in [1.82, 2.24) is 10.3 Å². The molecule has 1 unspecified atom stereocenters. The van der Waals surface area contributed by atoms with Gasteiger partial charge in [-0.1, -0.05) is 20.3 Å². The van der Waals surface area contributed by atoms with Crippen LogP contribution in [0.1, 0.15) is 44.9 Å². The number of nitrogens with one attached hydrogen (secondary N) is 2. The molecule has 108 valence electrons. The van der Waals surface area contributed by atoms with E-state index in [1.807, 2.05) is 6.07 Å². The maximum Gasteiger partial charge on any atom is 0.198 e. The van der Waals surface area contributed by atoms with Gasteiger partial charge >= 0.3 is 0 Å². The summed E-state index contributed by atoms with van der Waals surface area (Å²) in [7, 11) is 0. The number of piperidine rings is 1. The summed E-state index contributed by atoms with van der Waals surface area (Å²) in [6.07, 6.45) is 3.90. The number of hydrogen-bond donors (Lipinski definition) is 2. The van der Waals surface area contributed by atoms with Crippen molar-refractivity contribution in [3.8, 4) is 0 Å². The van der Waals surface area contributed by atoms with Crippen LogP contribution in [-0.4, -0.2) is 24.1 Å². The van der Waals surface area contributed by atoms with Crippen LogP contribution in [0.5, 0.6) is 0 Å². The maximum atomic E-state index is 5.73. The average molecular weight is 273 g/mol. The first kappa shape index (κ1) is 13.4. The van der Waals surface area contributed by atoms with Crippen molar-refractivity contribution in [1.29, 1.82) is 0 Å². The smallest absolute Gasteiger partial charge is 0.198 e. The fourth-order valence-electron chi connectivity index (χ4n) is 2.64. The van der Waals surface area contributed by atoms with Crippen molar-refractivity contribution >= 4 is 16.8 Å². The molecule has 1 saturated heterocycles. The molecule has 4 heteroatoms. The third-order valence-corrected chi connectivity index (χ3v) is 3.86. The third-order valence-electron chi connectivity index (χ3n) is 3.86. The van der Waals surface area contributed by atoms with Crippen LogP contribution in [-0.2, 0) is 0 Å². The Morgan fingerprint density at radius 1 is 1.40 bits per heavy atom. The molecular formula is C16H23N3O. The van der Waals surface area contributed by atoms with Gasteiger partial charge < -0.3 is 15.1 Å². The van der Waals surface area contributed by atoms with Crippen LogP contribution in [0.15, 0.2) is 22.6 Å². The highest BCUT2D eigenvalue weighted by Gasteiger charge is 2.13. The Labute approximate surface area is 120 Å². The van der Waals surface area contributed by atoms with Gasteiger partial charge in [0, 0.05) is 24.2 Å². The molecule has 0 bridgehead atoms. The van der Waals surface area contributed by atoms with E-state index >= 15 is 0 Å². The van der Waals surface area contributed by atoms with Crippen LogP contribution in [0.2, 0.25) is 0 Å². The van der Waals surface area contributed by atoms with Crippen LogP contribution in [0.25, 0.3) is 11.1 Å². The van der Waals surface area contributed by atoms with Gasteiger partial charge in [0.1, 0.15) is 5.52 Å². The molecule has 2 aromatic rings. The summed E-state index contributed by atoms with van der Waals surface area (Å²) in [6.45, 7) is 6.31. The van der Waals surface area contributed by atoms with Gasteiger partial charge in [0.2, 0.25) is 0 Å². The molecule has 1 aromatic carbocycles. The van der Waals surface area contributed by atoms with Gasteiger partial charge in [-0.2, -0.15) is 0 Å². The van der Waals surface area contributed by atoms with Crippen LogP contribution in [0.4, 0.5) is 5.69 Å². The number of nitrogens with zero attached hydrogens (tertiary/aromatic N) is 1. The van der Waals surface area contributed by atoms with E-state index in [-0.39, 0.29) is 0 Å². The number of aromatic nitrogens is 1. The molecule has 1 aromatic heterocycles. The van der Waals surface area contributed by atoms with Crippen LogP contribution >= 0.6 is 0 Å². The van der Waals surface area contributed by atoms with Crippen molar-refractivity contribution in [2.24, 2.45) is 0 Å². The third kappa shape index (κ3) is 2.96. The van der Waals surface area contributed by atoms with Crippen molar-refractivity contribution in [2.75, 3.05) is 18.4 Å². The highest BCUT2D eigenvalue weighted by atomic mass is 16.3. The van der Waals surface area contributed by atoms with Crippen LogP contribution in [0, 0.1) is 0 Å². The molecule has 2 heterocycles. The molecule has 20 heavy (non-hydrogen) atoms. The van der Waals surface area contributed by atoms with Gasteiger partial charge in [0.05, 0.1) is 0 Å². The van der Waals surface area contributed by atoms with E-state index in [0.29, 0.717) is 12.0 Å². The predicted molar refractivity (Wildman–Crippen MR) is 82.2 cm³/mol. The highest BCUT2D eigenvalue weighted by Crippen LogP contribution is 2.23. The first-order chi connectivity index (χ1) is 9.72. The molecule has 0 amide bonds. The summed E-state index contributed by atoms with van der Waals surface area (Å²) in [6, 6.07) is 6.74. The van der Waals surface area contributed by atoms with Crippen molar-refractivity contribution in [3.63, 3.8) is 0 Å². The van der Waals surface area contributed by atoms with Gasteiger partial charge in [0.25, 0.3) is 0 Å². The zero-order valence-electron chi connectivity index (χ0n) is 12.3. The van der Waals surface area contributed by atoms with E-state index in [9.17, 15) is 0 Å². The van der Waals surface area contributed by atoms with E-state index in [4.69, 9.17) is 4.42 Å². The van der Waals surface area contributed by atoms with Crippen molar-refractivity contribution < 1.29 is 4.42 Å². The minimum atomic E-state index is 0.324. The number of anilines is 1. The quantitative estimate of drug-likeness (QED) is 0.895. The Morgan fingerprint density at radius 2 is 2.30 bits per heavy atom. The number of hydrogen-bond acceptors (Lipinski definition) is 4. The van der Waals surface area contributed by atoms with E-state index in [1.165, 1.54) is 19.3 Å². The van der Waals surface area contributed by atoms with Gasteiger partial charge in [-0.05, 0) is 37.6 Å². The van der Waals surface area contributed by atoms with Gasteiger partial charge in [0.15, 0.2) is 11.5 Å². The largest absolute Gasteiger partial charge is 0.440 e. The highest BCUT2D eigenvalue weighted by molar-refractivity contribution is 5.77. The Balaban J connectivity index is 1.68. The SMILES string of the molecule is CC(C)c1nc2cc(NCC3CCCCN3)ccc2o1. The summed E-state index contributed by atoms with van der Waals surface area (Å²) < 4.78 is 5.73. The molecule has 1 aliphatic rings. The zero-order valence-corrected chi connectivity index (χ0v) is 12.3. The molecule has 1 aliphatic heterocycles. The standard InChI is InChI=1S/C16H23N3O/c1-11(2)16-19-14-9-12(6-7-15(14)20-16)18-10-13-5-3-4-8-17-13/h6-7,9,11,13,17-18H,3-5,8,10H2,1-2H3. The first-order valence-electron chi connectivity index (χ1n) is 7.60. The molecule has 0 saturated carbocycles. The molecule has 1 atom stereocenters. The lowest BCUT2D eigenvalue weighted by atomic mass is 10.1. The first-order valence-corrected chi connectivity index (χ1v) is 7.60. The van der Waals surface area contributed by atoms with E-state index < -0.39 is 0 Å². The molecule has 2 N–H and O–H groups in total. The summed E-state index contributed by atoms with van der Waals surface area (Å²) in [5, 5.41) is 7.05. The number of oxazole rings is 1. The van der Waals surface area contributed by atoms with E-state index in [2.05, 4.69) is 41.6 Å². The Kier molecular flexibility index (Phi) is 3.92. The second-order valence-corrected chi connectivity index (χ2v) is 5.92. The second kappa shape index (κ2) is 5.83. The van der Waals surface area contributed by atoms with E-state index in [0.717, 1.165) is 35.8 Å². The monoisotopic (exact) mass is 273 g/mol. The molecular weight excluding hydrogens is 250 g/mol. The van der Waals surface area contributed by atoms with Gasteiger partial charge in [-0.3, -0.25) is 0 Å². The molecule has 4 nitrogen and oxygen atoms in total. The molecule has 0 spiro atoms. The second-order valence-electron chi connectivity index (χ2n) is 5.92. The topological polar surface area (TPSA) is 50.1 Å².